The Hall–Kier alpha value is -1.04. The quantitative estimate of drug-likeness (QED) is 0.922. The zero-order valence-corrected chi connectivity index (χ0v) is 11.3. The van der Waals surface area contributed by atoms with Crippen LogP contribution >= 0.6 is 0 Å². The molecular formula is C15H19F2NO2. The maximum Gasteiger partial charge on any atom is 0.159 e. The molecule has 1 aromatic carbocycles. The lowest BCUT2D eigenvalue weighted by molar-refractivity contribution is 0.112. The largest absolute Gasteiger partial charge is 0.387 e. The molecule has 2 aliphatic rings. The van der Waals surface area contributed by atoms with Gasteiger partial charge >= 0.3 is 0 Å². The fraction of sp³-hybridized carbons (Fsp3) is 0.600. The van der Waals surface area contributed by atoms with Gasteiger partial charge < -0.3 is 9.84 Å². The Morgan fingerprint density at radius 3 is 2.85 bits per heavy atom. The summed E-state index contributed by atoms with van der Waals surface area (Å²) < 4.78 is 31.5. The van der Waals surface area contributed by atoms with Crippen molar-refractivity contribution < 1.29 is 18.6 Å². The molecule has 2 atom stereocenters. The Morgan fingerprint density at radius 1 is 1.30 bits per heavy atom. The molecule has 2 saturated heterocycles. The van der Waals surface area contributed by atoms with Gasteiger partial charge in [-0.2, -0.15) is 0 Å². The minimum absolute atomic E-state index is 0.244. The number of aliphatic hydroxyl groups excluding tert-OH is 1. The SMILES string of the molecule is OC(CN1CCC2(CCOC2)C1)c1ccc(F)c(F)c1. The summed E-state index contributed by atoms with van der Waals surface area (Å²) in [5, 5.41) is 10.2. The van der Waals surface area contributed by atoms with Crippen LogP contribution in [0.1, 0.15) is 24.5 Å². The second-order valence-electron chi connectivity index (χ2n) is 5.98. The summed E-state index contributed by atoms with van der Waals surface area (Å²) in [7, 11) is 0. The average molecular weight is 283 g/mol. The summed E-state index contributed by atoms with van der Waals surface area (Å²) >= 11 is 0. The first kappa shape index (κ1) is 13.9. The topological polar surface area (TPSA) is 32.7 Å². The zero-order chi connectivity index (χ0) is 14.2. The molecule has 3 nitrogen and oxygen atoms in total. The lowest BCUT2D eigenvalue weighted by Gasteiger charge is -2.24. The molecule has 2 heterocycles. The number of hydrogen-bond acceptors (Lipinski definition) is 3. The van der Waals surface area contributed by atoms with Crippen molar-refractivity contribution >= 4 is 0 Å². The second-order valence-corrected chi connectivity index (χ2v) is 5.98. The molecule has 0 radical (unpaired) electrons. The minimum atomic E-state index is -0.913. The highest BCUT2D eigenvalue weighted by Gasteiger charge is 2.41. The van der Waals surface area contributed by atoms with E-state index in [-0.39, 0.29) is 5.41 Å². The van der Waals surface area contributed by atoms with Gasteiger partial charge in [-0.3, -0.25) is 4.90 Å². The third-order valence-electron chi connectivity index (χ3n) is 4.46. The predicted molar refractivity (Wildman–Crippen MR) is 70.2 cm³/mol. The van der Waals surface area contributed by atoms with Gasteiger partial charge in [0.15, 0.2) is 11.6 Å². The molecule has 5 heteroatoms. The third kappa shape index (κ3) is 2.71. The summed E-state index contributed by atoms with van der Waals surface area (Å²) in [4.78, 5) is 2.18. The molecule has 0 amide bonds. The standard InChI is InChI=1S/C15H19F2NO2/c16-12-2-1-11(7-13(12)17)14(19)8-18-5-3-15(9-18)4-6-20-10-15/h1-2,7,14,19H,3-6,8-10H2. The Kier molecular flexibility index (Phi) is 3.75. The zero-order valence-electron chi connectivity index (χ0n) is 11.3. The van der Waals surface area contributed by atoms with Crippen molar-refractivity contribution in [2.75, 3.05) is 32.8 Å². The van der Waals surface area contributed by atoms with Crippen LogP contribution in [0.4, 0.5) is 8.78 Å². The van der Waals surface area contributed by atoms with Crippen LogP contribution < -0.4 is 0 Å². The van der Waals surface area contributed by atoms with Crippen LogP contribution in [0.25, 0.3) is 0 Å². The van der Waals surface area contributed by atoms with Gasteiger partial charge in [0.1, 0.15) is 0 Å². The summed E-state index contributed by atoms with van der Waals surface area (Å²) in [5.41, 5.74) is 0.667. The summed E-state index contributed by atoms with van der Waals surface area (Å²) in [5.74, 6) is -1.80. The number of halogens is 2. The second kappa shape index (κ2) is 5.39. The number of hydrogen-bond donors (Lipinski definition) is 1. The predicted octanol–water partition coefficient (Wildman–Crippen LogP) is 2.11. The molecule has 0 aliphatic carbocycles. The molecule has 2 aliphatic heterocycles. The number of aliphatic hydroxyl groups is 1. The smallest absolute Gasteiger partial charge is 0.159 e. The van der Waals surface area contributed by atoms with Gasteiger partial charge in [-0.15, -0.1) is 0 Å². The van der Waals surface area contributed by atoms with Crippen LogP contribution in [0.5, 0.6) is 0 Å². The number of benzene rings is 1. The van der Waals surface area contributed by atoms with E-state index >= 15 is 0 Å². The first-order chi connectivity index (χ1) is 9.58. The van der Waals surface area contributed by atoms with Crippen molar-refractivity contribution in [2.24, 2.45) is 5.41 Å². The van der Waals surface area contributed by atoms with Gasteiger partial charge in [0, 0.05) is 25.1 Å². The Morgan fingerprint density at radius 2 is 2.15 bits per heavy atom. The van der Waals surface area contributed by atoms with Crippen molar-refractivity contribution in [1.82, 2.24) is 4.90 Å². The lowest BCUT2D eigenvalue weighted by atomic mass is 9.87. The highest BCUT2D eigenvalue weighted by Crippen LogP contribution is 2.38. The highest BCUT2D eigenvalue weighted by atomic mass is 19.2. The first-order valence-electron chi connectivity index (χ1n) is 7.01. The average Bonchev–Trinajstić information content (AvgIpc) is 3.04. The molecule has 2 unspecified atom stereocenters. The molecule has 1 N–H and O–H groups in total. The lowest BCUT2D eigenvalue weighted by Crippen LogP contribution is -2.30. The molecule has 0 saturated carbocycles. The van der Waals surface area contributed by atoms with Crippen molar-refractivity contribution in [3.63, 3.8) is 0 Å². The van der Waals surface area contributed by atoms with E-state index in [1.807, 2.05) is 0 Å². The van der Waals surface area contributed by atoms with Crippen molar-refractivity contribution in [2.45, 2.75) is 18.9 Å². The summed E-state index contributed by atoms with van der Waals surface area (Å²) in [6.07, 6.45) is 1.37. The van der Waals surface area contributed by atoms with Crippen molar-refractivity contribution in [3.05, 3.63) is 35.4 Å². The molecule has 20 heavy (non-hydrogen) atoms. The molecule has 110 valence electrons. The minimum Gasteiger partial charge on any atom is -0.387 e. The number of rotatable bonds is 3. The fourth-order valence-corrected chi connectivity index (χ4v) is 3.22. The van der Waals surface area contributed by atoms with E-state index < -0.39 is 17.7 Å². The monoisotopic (exact) mass is 283 g/mol. The van der Waals surface area contributed by atoms with Gasteiger partial charge in [0.05, 0.1) is 12.7 Å². The first-order valence-corrected chi connectivity index (χ1v) is 7.01. The molecule has 0 bridgehead atoms. The van der Waals surface area contributed by atoms with Crippen molar-refractivity contribution in [3.8, 4) is 0 Å². The summed E-state index contributed by atoms with van der Waals surface area (Å²) in [6.45, 7) is 3.90. The fourth-order valence-electron chi connectivity index (χ4n) is 3.22. The van der Waals surface area contributed by atoms with E-state index in [1.54, 1.807) is 0 Å². The van der Waals surface area contributed by atoms with E-state index in [2.05, 4.69) is 4.90 Å². The van der Waals surface area contributed by atoms with Gasteiger partial charge in [-0.05, 0) is 37.1 Å². The number of ether oxygens (including phenoxy) is 1. The van der Waals surface area contributed by atoms with E-state index in [0.717, 1.165) is 51.3 Å². The number of likely N-dealkylation sites (tertiary alicyclic amines) is 1. The van der Waals surface area contributed by atoms with Crippen LogP contribution in [0.3, 0.4) is 0 Å². The molecular weight excluding hydrogens is 264 g/mol. The summed E-state index contributed by atoms with van der Waals surface area (Å²) in [6, 6.07) is 3.57. The van der Waals surface area contributed by atoms with E-state index in [1.165, 1.54) is 6.07 Å². The molecule has 3 rings (SSSR count). The maximum atomic E-state index is 13.2. The van der Waals surface area contributed by atoms with Gasteiger partial charge in [0.25, 0.3) is 0 Å². The third-order valence-corrected chi connectivity index (χ3v) is 4.46. The molecule has 0 aromatic heterocycles. The van der Waals surface area contributed by atoms with E-state index in [0.29, 0.717) is 12.1 Å². The van der Waals surface area contributed by atoms with Crippen LogP contribution in [0.15, 0.2) is 18.2 Å². The number of nitrogens with zero attached hydrogens (tertiary/aromatic N) is 1. The van der Waals surface area contributed by atoms with Crippen LogP contribution in [-0.2, 0) is 4.74 Å². The van der Waals surface area contributed by atoms with Gasteiger partial charge in [-0.25, -0.2) is 8.78 Å². The Labute approximate surface area is 117 Å². The van der Waals surface area contributed by atoms with Gasteiger partial charge in [0.2, 0.25) is 0 Å². The van der Waals surface area contributed by atoms with Crippen molar-refractivity contribution in [1.29, 1.82) is 0 Å². The van der Waals surface area contributed by atoms with Crippen LogP contribution in [-0.4, -0.2) is 42.9 Å². The Bertz CT molecular complexity index is 489. The van der Waals surface area contributed by atoms with Crippen LogP contribution in [0, 0.1) is 17.0 Å². The molecule has 1 aromatic rings. The van der Waals surface area contributed by atoms with Crippen LogP contribution in [0.2, 0.25) is 0 Å². The number of β-amino-alcohol motifs (C(OH)–C–C–N with tert-alkyl or cyclic N) is 1. The Balaban J connectivity index is 1.61. The van der Waals surface area contributed by atoms with E-state index in [4.69, 9.17) is 4.74 Å². The highest BCUT2D eigenvalue weighted by molar-refractivity contribution is 5.20. The molecule has 1 spiro atoms. The van der Waals surface area contributed by atoms with E-state index in [9.17, 15) is 13.9 Å². The van der Waals surface area contributed by atoms with Gasteiger partial charge in [-0.1, -0.05) is 6.07 Å². The molecule has 2 fully saturated rings. The normalized spacial score (nSPS) is 28.4. The maximum absolute atomic E-state index is 13.2.